The molecular formula is C11H14BrN3O. The number of fused-ring (bicyclic) bond motifs is 2. The maximum absolute atomic E-state index is 9.91. The van der Waals surface area contributed by atoms with Crippen molar-refractivity contribution in [3.63, 3.8) is 0 Å². The van der Waals surface area contributed by atoms with Gasteiger partial charge in [0.15, 0.2) is 0 Å². The minimum absolute atomic E-state index is 0.149. The molecule has 0 aromatic carbocycles. The maximum atomic E-state index is 9.91. The number of aromatic nitrogens is 2. The molecule has 3 atom stereocenters. The smallest absolute Gasteiger partial charge is 0.115 e. The molecule has 2 aliphatic heterocycles. The van der Waals surface area contributed by atoms with Crippen molar-refractivity contribution in [2.24, 2.45) is 0 Å². The maximum Gasteiger partial charge on any atom is 0.115 e. The van der Waals surface area contributed by atoms with Crippen molar-refractivity contribution in [3.05, 3.63) is 22.7 Å². The number of nitrogens with one attached hydrogen (secondary N) is 1. The van der Waals surface area contributed by atoms with E-state index in [9.17, 15) is 5.11 Å². The Hall–Kier alpha value is -0.520. The van der Waals surface area contributed by atoms with Crippen molar-refractivity contribution in [2.45, 2.75) is 43.4 Å². The van der Waals surface area contributed by atoms with E-state index in [0.717, 1.165) is 35.8 Å². The zero-order valence-corrected chi connectivity index (χ0v) is 10.4. The summed E-state index contributed by atoms with van der Waals surface area (Å²) < 4.78 is 0.928. The highest BCUT2D eigenvalue weighted by Gasteiger charge is 2.47. The lowest BCUT2D eigenvalue weighted by Crippen LogP contribution is -2.49. The second-order valence-corrected chi connectivity index (χ2v) is 5.63. The highest BCUT2D eigenvalue weighted by atomic mass is 79.9. The Balaban J connectivity index is 2.02. The SMILES string of the molecule is OC1CC2CCC(c3ncncc3Br)(C1)N2. The van der Waals surface area contributed by atoms with E-state index in [1.165, 1.54) is 0 Å². The van der Waals surface area contributed by atoms with E-state index < -0.39 is 0 Å². The van der Waals surface area contributed by atoms with Crippen LogP contribution in [0.25, 0.3) is 0 Å². The quantitative estimate of drug-likeness (QED) is 0.817. The molecule has 2 saturated heterocycles. The lowest BCUT2D eigenvalue weighted by atomic mass is 9.85. The van der Waals surface area contributed by atoms with Crippen molar-refractivity contribution in [3.8, 4) is 0 Å². The Labute approximate surface area is 103 Å². The predicted octanol–water partition coefficient (Wildman–Crippen LogP) is 1.34. The third-order valence-corrected chi connectivity index (χ3v) is 4.24. The summed E-state index contributed by atoms with van der Waals surface area (Å²) >= 11 is 3.50. The number of rotatable bonds is 1. The van der Waals surface area contributed by atoms with Crippen LogP contribution in [0.2, 0.25) is 0 Å². The van der Waals surface area contributed by atoms with Crippen molar-refractivity contribution >= 4 is 15.9 Å². The lowest BCUT2D eigenvalue weighted by Gasteiger charge is -2.37. The number of aliphatic hydroxyl groups excluding tert-OH is 1. The molecule has 0 amide bonds. The van der Waals surface area contributed by atoms with E-state index in [2.05, 4.69) is 31.2 Å². The fourth-order valence-corrected chi connectivity index (χ4v) is 3.66. The van der Waals surface area contributed by atoms with Crippen LogP contribution in [0.15, 0.2) is 17.0 Å². The molecule has 2 N–H and O–H groups in total. The molecule has 3 unspecified atom stereocenters. The number of hydrogen-bond donors (Lipinski definition) is 2. The van der Waals surface area contributed by atoms with Crippen LogP contribution in [-0.2, 0) is 5.54 Å². The molecule has 0 aliphatic carbocycles. The first kappa shape index (κ1) is 10.6. The van der Waals surface area contributed by atoms with Gasteiger partial charge in [0.05, 0.1) is 21.8 Å². The molecule has 2 aliphatic rings. The van der Waals surface area contributed by atoms with Crippen LogP contribution >= 0.6 is 15.9 Å². The van der Waals surface area contributed by atoms with Crippen LogP contribution in [0.3, 0.4) is 0 Å². The molecule has 3 rings (SSSR count). The van der Waals surface area contributed by atoms with Gasteiger partial charge >= 0.3 is 0 Å². The van der Waals surface area contributed by atoms with Gasteiger partial charge < -0.3 is 10.4 Å². The number of hydrogen-bond acceptors (Lipinski definition) is 4. The van der Waals surface area contributed by atoms with E-state index in [4.69, 9.17) is 0 Å². The first-order valence-corrected chi connectivity index (χ1v) is 6.41. The van der Waals surface area contributed by atoms with Gasteiger partial charge in [0.25, 0.3) is 0 Å². The fraction of sp³-hybridized carbons (Fsp3) is 0.636. The minimum atomic E-state index is -0.212. The number of piperidine rings is 1. The second kappa shape index (κ2) is 3.75. The lowest BCUT2D eigenvalue weighted by molar-refractivity contribution is 0.0782. The summed E-state index contributed by atoms with van der Waals surface area (Å²) in [5.41, 5.74) is 0.841. The Kier molecular flexibility index (Phi) is 2.49. The van der Waals surface area contributed by atoms with Crippen molar-refractivity contribution < 1.29 is 5.11 Å². The molecule has 0 radical (unpaired) electrons. The fourth-order valence-electron chi connectivity index (χ4n) is 3.06. The molecule has 3 heterocycles. The topological polar surface area (TPSA) is 58.0 Å². The summed E-state index contributed by atoms with van der Waals surface area (Å²) in [7, 11) is 0. The van der Waals surface area contributed by atoms with Gasteiger partial charge in [0, 0.05) is 12.2 Å². The molecule has 5 heteroatoms. The van der Waals surface area contributed by atoms with Crippen LogP contribution in [0.5, 0.6) is 0 Å². The van der Waals surface area contributed by atoms with Gasteiger partial charge in [0.1, 0.15) is 6.33 Å². The highest BCUT2D eigenvalue weighted by molar-refractivity contribution is 9.10. The van der Waals surface area contributed by atoms with E-state index in [1.54, 1.807) is 12.5 Å². The first-order chi connectivity index (χ1) is 7.70. The van der Waals surface area contributed by atoms with E-state index in [1.807, 2.05) is 0 Å². The first-order valence-electron chi connectivity index (χ1n) is 5.61. The van der Waals surface area contributed by atoms with Crippen molar-refractivity contribution in [1.29, 1.82) is 0 Å². The molecule has 4 nitrogen and oxygen atoms in total. The van der Waals surface area contributed by atoms with E-state index >= 15 is 0 Å². The van der Waals surface area contributed by atoms with Gasteiger partial charge in [-0.05, 0) is 41.6 Å². The molecule has 16 heavy (non-hydrogen) atoms. The van der Waals surface area contributed by atoms with Gasteiger partial charge in [-0.15, -0.1) is 0 Å². The third-order valence-electron chi connectivity index (χ3n) is 3.66. The summed E-state index contributed by atoms with van der Waals surface area (Å²) in [6.07, 6.45) is 6.91. The average Bonchev–Trinajstić information content (AvgIpc) is 2.56. The Morgan fingerprint density at radius 2 is 2.44 bits per heavy atom. The summed E-state index contributed by atoms with van der Waals surface area (Å²) in [4.78, 5) is 8.36. The summed E-state index contributed by atoms with van der Waals surface area (Å²) in [6.45, 7) is 0. The van der Waals surface area contributed by atoms with E-state index in [0.29, 0.717) is 6.04 Å². The second-order valence-electron chi connectivity index (χ2n) is 4.77. The summed E-state index contributed by atoms with van der Waals surface area (Å²) in [5.74, 6) is 0. The van der Waals surface area contributed by atoms with Gasteiger partial charge in [-0.3, -0.25) is 0 Å². The standard InChI is InChI=1S/C11H14BrN3O/c12-9-5-13-6-14-10(9)11-2-1-7(15-11)3-8(16)4-11/h5-8,15-16H,1-4H2. The zero-order chi connectivity index (χ0) is 11.2. The molecule has 2 fully saturated rings. The molecular weight excluding hydrogens is 270 g/mol. The van der Waals surface area contributed by atoms with Gasteiger partial charge in [-0.25, -0.2) is 9.97 Å². The van der Waals surface area contributed by atoms with Crippen LogP contribution in [0.1, 0.15) is 31.4 Å². The number of halogens is 1. The molecule has 1 aromatic rings. The Bertz CT molecular complexity index is 414. The van der Waals surface area contributed by atoms with Gasteiger partial charge in [-0.2, -0.15) is 0 Å². The molecule has 1 aromatic heterocycles. The summed E-state index contributed by atoms with van der Waals surface area (Å²) in [6, 6.07) is 0.436. The average molecular weight is 284 g/mol. The monoisotopic (exact) mass is 283 g/mol. The minimum Gasteiger partial charge on any atom is -0.393 e. The van der Waals surface area contributed by atoms with E-state index in [-0.39, 0.29) is 11.6 Å². The largest absolute Gasteiger partial charge is 0.393 e. The number of nitrogens with zero attached hydrogens (tertiary/aromatic N) is 2. The molecule has 0 saturated carbocycles. The molecule has 2 bridgehead atoms. The van der Waals surface area contributed by atoms with Gasteiger partial charge in [-0.1, -0.05) is 0 Å². The normalized spacial score (nSPS) is 37.6. The van der Waals surface area contributed by atoms with Crippen molar-refractivity contribution in [2.75, 3.05) is 0 Å². The zero-order valence-electron chi connectivity index (χ0n) is 8.86. The van der Waals surface area contributed by atoms with Crippen LogP contribution in [0, 0.1) is 0 Å². The number of aliphatic hydroxyl groups is 1. The predicted molar refractivity (Wildman–Crippen MR) is 62.8 cm³/mol. The van der Waals surface area contributed by atoms with Crippen LogP contribution < -0.4 is 5.32 Å². The van der Waals surface area contributed by atoms with Crippen LogP contribution in [0.4, 0.5) is 0 Å². The Morgan fingerprint density at radius 3 is 3.25 bits per heavy atom. The highest BCUT2D eigenvalue weighted by Crippen LogP contribution is 2.44. The van der Waals surface area contributed by atoms with Crippen LogP contribution in [-0.4, -0.2) is 27.2 Å². The Morgan fingerprint density at radius 1 is 1.56 bits per heavy atom. The van der Waals surface area contributed by atoms with Crippen molar-refractivity contribution in [1.82, 2.24) is 15.3 Å². The van der Waals surface area contributed by atoms with Gasteiger partial charge in [0.2, 0.25) is 0 Å². The molecule has 86 valence electrons. The third kappa shape index (κ3) is 1.58. The molecule has 0 spiro atoms. The summed E-state index contributed by atoms with van der Waals surface area (Å²) in [5, 5.41) is 13.5.